The number of halogens is 4. The van der Waals surface area contributed by atoms with Crippen LogP contribution in [-0.2, 0) is 6.18 Å². The summed E-state index contributed by atoms with van der Waals surface area (Å²) in [6.45, 7) is 0. The van der Waals surface area contributed by atoms with E-state index < -0.39 is 28.5 Å². The van der Waals surface area contributed by atoms with E-state index >= 15 is 0 Å². The summed E-state index contributed by atoms with van der Waals surface area (Å²) in [4.78, 5) is 33.7. The fourth-order valence-corrected chi connectivity index (χ4v) is 4.01. The van der Waals surface area contributed by atoms with Crippen molar-refractivity contribution >= 4 is 40.2 Å². The second-order valence-electron chi connectivity index (χ2n) is 8.06. The van der Waals surface area contributed by atoms with Crippen molar-refractivity contribution in [2.24, 2.45) is 0 Å². The summed E-state index contributed by atoms with van der Waals surface area (Å²) in [6, 6.07) is 17.9. The number of carbonyl (C=O) groups excluding carboxylic acids is 1. The molecule has 0 aliphatic carbocycles. The second-order valence-corrected chi connectivity index (χ2v) is 8.47. The Balaban J connectivity index is 1.44. The van der Waals surface area contributed by atoms with E-state index in [9.17, 15) is 22.8 Å². The highest BCUT2D eigenvalue weighted by atomic mass is 35.5. The van der Waals surface area contributed by atoms with Crippen molar-refractivity contribution in [3.05, 3.63) is 100 Å². The van der Waals surface area contributed by atoms with Crippen molar-refractivity contribution in [1.29, 1.82) is 0 Å². The van der Waals surface area contributed by atoms with Crippen LogP contribution in [0.5, 0.6) is 11.5 Å². The Morgan fingerprint density at radius 3 is 2.50 bits per heavy atom. The van der Waals surface area contributed by atoms with Crippen LogP contribution in [0.15, 0.2) is 83.8 Å². The monoisotopic (exact) mass is 539 g/mol. The Hall–Kier alpha value is -4.77. The van der Waals surface area contributed by atoms with E-state index in [1.54, 1.807) is 24.3 Å². The largest absolute Gasteiger partial charge is 0.455 e. The minimum Gasteiger partial charge on any atom is -0.455 e. The third kappa shape index (κ3) is 5.32. The van der Waals surface area contributed by atoms with E-state index in [0.29, 0.717) is 33.9 Å². The number of aromatic nitrogens is 3. The molecule has 2 aromatic heterocycles. The van der Waals surface area contributed by atoms with Gasteiger partial charge in [-0.2, -0.15) is 13.2 Å². The zero-order chi connectivity index (χ0) is 26.9. The second kappa shape index (κ2) is 9.94. The predicted molar refractivity (Wildman–Crippen MR) is 138 cm³/mol. The van der Waals surface area contributed by atoms with Gasteiger partial charge in [-0.05, 0) is 42.0 Å². The van der Waals surface area contributed by atoms with Gasteiger partial charge < -0.3 is 20.4 Å². The molecule has 0 radical (unpaired) electrons. The lowest BCUT2D eigenvalue weighted by atomic mass is 10.0. The number of fused-ring (bicyclic) bond motifs is 1. The summed E-state index contributed by atoms with van der Waals surface area (Å²) in [5, 5.41) is 4.60. The third-order valence-corrected chi connectivity index (χ3v) is 5.79. The minimum atomic E-state index is -4.67. The maximum Gasteiger partial charge on any atom is 0.417 e. The SMILES string of the molecule is O=C(Nc1ccc(Cl)c(C(F)(F)F)c1)Nc1ccc(Oc2ccnc3[nH]c(=O)[nH]c23)cc1-c1ccccc1. The highest BCUT2D eigenvalue weighted by Crippen LogP contribution is 2.37. The maximum absolute atomic E-state index is 13.2. The molecular formula is C26H17ClF3N5O3. The number of imidazole rings is 1. The summed E-state index contributed by atoms with van der Waals surface area (Å²) in [6.07, 6.45) is -3.18. The van der Waals surface area contributed by atoms with E-state index in [1.807, 2.05) is 30.3 Å². The molecule has 5 rings (SSSR count). The van der Waals surface area contributed by atoms with Gasteiger partial charge in [-0.25, -0.2) is 14.6 Å². The van der Waals surface area contributed by atoms with E-state index in [1.165, 1.54) is 12.3 Å². The molecule has 0 saturated carbocycles. The first-order valence-corrected chi connectivity index (χ1v) is 11.4. The quantitative estimate of drug-likeness (QED) is 0.192. The normalized spacial score (nSPS) is 11.4. The number of H-pyrrole nitrogens is 2. The van der Waals surface area contributed by atoms with Crippen LogP contribution in [0.2, 0.25) is 5.02 Å². The number of aromatic amines is 2. The van der Waals surface area contributed by atoms with Crippen LogP contribution in [0.1, 0.15) is 5.56 Å². The molecule has 2 heterocycles. The number of nitrogens with zero attached hydrogens (tertiary/aromatic N) is 1. The first-order valence-electron chi connectivity index (χ1n) is 11.1. The number of anilines is 2. The number of carbonyl (C=O) groups is 1. The molecule has 192 valence electrons. The molecule has 0 spiro atoms. The number of ether oxygens (including phenoxy) is 1. The van der Waals surface area contributed by atoms with Gasteiger partial charge in [0.2, 0.25) is 0 Å². The van der Waals surface area contributed by atoms with Crippen molar-refractivity contribution in [2.45, 2.75) is 6.18 Å². The number of pyridine rings is 1. The van der Waals surface area contributed by atoms with Gasteiger partial charge in [0.1, 0.15) is 11.3 Å². The number of nitrogens with one attached hydrogen (secondary N) is 4. The molecule has 0 fully saturated rings. The highest BCUT2D eigenvalue weighted by Gasteiger charge is 2.33. The summed E-state index contributed by atoms with van der Waals surface area (Å²) in [7, 11) is 0. The van der Waals surface area contributed by atoms with Crippen LogP contribution in [0.4, 0.5) is 29.3 Å². The van der Waals surface area contributed by atoms with Crippen molar-refractivity contribution in [3.63, 3.8) is 0 Å². The molecule has 8 nitrogen and oxygen atoms in total. The predicted octanol–water partition coefficient (Wildman–Crippen LogP) is 7.03. The van der Waals surface area contributed by atoms with Gasteiger partial charge in [-0.15, -0.1) is 0 Å². The van der Waals surface area contributed by atoms with Gasteiger partial charge in [0, 0.05) is 23.5 Å². The molecule has 0 unspecified atom stereocenters. The van der Waals surface area contributed by atoms with Gasteiger partial charge in [0.15, 0.2) is 11.4 Å². The standard InChI is InChI=1S/C26H17ClF3N5O3/c27-19-8-6-15(12-18(19)26(28,29)30)32-24(36)33-20-9-7-16(13-17(20)14-4-2-1-3-5-14)38-21-10-11-31-23-22(21)34-25(37)35-23/h1-13H,(H2,32,33,36)(H2,31,34,35,37). The highest BCUT2D eigenvalue weighted by molar-refractivity contribution is 6.31. The number of amides is 2. The van der Waals surface area contributed by atoms with Gasteiger partial charge in [-0.3, -0.25) is 4.98 Å². The van der Waals surface area contributed by atoms with E-state index in [0.717, 1.165) is 17.7 Å². The lowest BCUT2D eigenvalue weighted by Crippen LogP contribution is -2.20. The average molecular weight is 540 g/mol. The maximum atomic E-state index is 13.2. The van der Waals surface area contributed by atoms with Gasteiger partial charge in [-0.1, -0.05) is 41.9 Å². The van der Waals surface area contributed by atoms with Crippen LogP contribution >= 0.6 is 11.6 Å². The Labute approximate surface area is 217 Å². The van der Waals surface area contributed by atoms with E-state index in [4.69, 9.17) is 16.3 Å². The molecule has 0 saturated heterocycles. The van der Waals surface area contributed by atoms with Gasteiger partial charge >= 0.3 is 17.9 Å². The van der Waals surface area contributed by atoms with E-state index in [2.05, 4.69) is 25.6 Å². The van der Waals surface area contributed by atoms with Crippen LogP contribution in [0.25, 0.3) is 22.3 Å². The smallest absolute Gasteiger partial charge is 0.417 e. The molecule has 0 atom stereocenters. The fraction of sp³-hybridized carbons (Fsp3) is 0.0385. The molecule has 38 heavy (non-hydrogen) atoms. The molecular weight excluding hydrogens is 523 g/mol. The average Bonchev–Trinajstić information content (AvgIpc) is 3.27. The molecule has 0 bridgehead atoms. The number of rotatable bonds is 5. The molecule has 0 aliphatic heterocycles. The van der Waals surface area contributed by atoms with Gasteiger partial charge in [0.25, 0.3) is 0 Å². The first kappa shape index (κ1) is 24.9. The van der Waals surface area contributed by atoms with E-state index in [-0.39, 0.29) is 5.69 Å². The molecule has 12 heteroatoms. The molecule has 4 N–H and O–H groups in total. The Kier molecular flexibility index (Phi) is 6.52. The van der Waals surface area contributed by atoms with Crippen molar-refractivity contribution < 1.29 is 22.7 Å². The lowest BCUT2D eigenvalue weighted by molar-refractivity contribution is -0.137. The molecule has 0 aliphatic rings. The van der Waals surface area contributed by atoms with Crippen LogP contribution in [0, 0.1) is 0 Å². The molecule has 5 aromatic rings. The summed E-state index contributed by atoms with van der Waals surface area (Å²) in [5.74, 6) is 0.755. The zero-order valence-electron chi connectivity index (χ0n) is 19.2. The minimum absolute atomic E-state index is 0.0809. The summed E-state index contributed by atoms with van der Waals surface area (Å²) < 4.78 is 45.6. The Bertz CT molecular complexity index is 1700. The number of hydrogen-bond donors (Lipinski definition) is 4. The number of alkyl halides is 3. The van der Waals surface area contributed by atoms with Gasteiger partial charge in [0.05, 0.1) is 16.3 Å². The number of benzene rings is 3. The zero-order valence-corrected chi connectivity index (χ0v) is 19.9. The molecule has 2 amide bonds. The van der Waals surface area contributed by atoms with Crippen molar-refractivity contribution in [3.8, 4) is 22.6 Å². The topological polar surface area (TPSA) is 112 Å². The summed E-state index contributed by atoms with van der Waals surface area (Å²) in [5.41, 5.74) is 0.860. The Morgan fingerprint density at radius 1 is 0.947 bits per heavy atom. The fourth-order valence-electron chi connectivity index (χ4n) is 3.78. The van der Waals surface area contributed by atoms with Crippen molar-refractivity contribution in [1.82, 2.24) is 15.0 Å². The lowest BCUT2D eigenvalue weighted by Gasteiger charge is -2.15. The molecule has 3 aromatic carbocycles. The third-order valence-electron chi connectivity index (χ3n) is 5.46. The summed E-state index contributed by atoms with van der Waals surface area (Å²) >= 11 is 5.66. The number of hydrogen-bond acceptors (Lipinski definition) is 4. The van der Waals surface area contributed by atoms with Crippen LogP contribution < -0.4 is 21.1 Å². The first-order chi connectivity index (χ1) is 18.2. The Morgan fingerprint density at radius 2 is 1.74 bits per heavy atom. The van der Waals surface area contributed by atoms with Crippen LogP contribution in [0.3, 0.4) is 0 Å². The van der Waals surface area contributed by atoms with Crippen LogP contribution in [-0.4, -0.2) is 21.0 Å². The number of urea groups is 1. The van der Waals surface area contributed by atoms with Crippen molar-refractivity contribution in [2.75, 3.05) is 10.6 Å².